The van der Waals surface area contributed by atoms with Crippen molar-refractivity contribution < 1.29 is 5.11 Å². The Morgan fingerprint density at radius 1 is 1.22 bits per heavy atom. The molecule has 0 aromatic heterocycles. The molecule has 1 aromatic rings. The van der Waals surface area contributed by atoms with Gasteiger partial charge in [-0.25, -0.2) is 0 Å². The lowest BCUT2D eigenvalue weighted by atomic mass is 10.0. The van der Waals surface area contributed by atoms with Crippen LogP contribution in [0.5, 0.6) is 0 Å². The normalized spacial score (nSPS) is 14.8. The quantitative estimate of drug-likeness (QED) is 0.774. The van der Waals surface area contributed by atoms with E-state index in [1.54, 1.807) is 0 Å². The van der Waals surface area contributed by atoms with Gasteiger partial charge in [-0.15, -0.1) is 0 Å². The lowest BCUT2D eigenvalue weighted by Gasteiger charge is -2.19. The summed E-state index contributed by atoms with van der Waals surface area (Å²) in [5, 5.41) is 13.2. The van der Waals surface area contributed by atoms with Crippen LogP contribution >= 0.6 is 31.9 Å². The molecule has 0 heterocycles. The topological polar surface area (TPSA) is 32.3 Å². The molecule has 1 aromatic carbocycles. The first-order chi connectivity index (χ1) is 8.40. The Morgan fingerprint density at radius 3 is 2.44 bits per heavy atom. The van der Waals surface area contributed by atoms with Crippen molar-refractivity contribution in [3.63, 3.8) is 0 Å². The van der Waals surface area contributed by atoms with Crippen LogP contribution in [0.25, 0.3) is 0 Å². The molecule has 0 bridgehead atoms. The predicted molar refractivity (Wildman–Crippen MR) is 83.7 cm³/mol. The number of rotatable bonds is 6. The fourth-order valence-electron chi connectivity index (χ4n) is 1.90. The molecule has 1 rings (SSSR count). The minimum absolute atomic E-state index is 0.217. The maximum absolute atomic E-state index is 9.85. The Kier molecular flexibility index (Phi) is 6.85. The number of halogens is 2. The van der Waals surface area contributed by atoms with Gasteiger partial charge in [0.05, 0.1) is 6.10 Å². The summed E-state index contributed by atoms with van der Waals surface area (Å²) in [6.07, 6.45) is 0.558. The minimum atomic E-state index is -0.276. The molecule has 18 heavy (non-hydrogen) atoms. The molecule has 0 radical (unpaired) electrons. The third-order valence-corrected chi connectivity index (χ3v) is 4.01. The molecule has 102 valence electrons. The van der Waals surface area contributed by atoms with E-state index in [9.17, 15) is 5.11 Å². The standard InChI is InChI=1S/C14H21Br2NO/c1-9(2)6-12(18)8-17-10(3)13-5-4-11(15)7-14(13)16/h4-5,7,9-10,12,17-18H,6,8H2,1-3H3. The highest BCUT2D eigenvalue weighted by molar-refractivity contribution is 9.11. The van der Waals surface area contributed by atoms with E-state index in [0.29, 0.717) is 12.5 Å². The maximum Gasteiger partial charge on any atom is 0.0667 e. The van der Waals surface area contributed by atoms with E-state index < -0.39 is 0 Å². The number of aliphatic hydroxyl groups is 1. The molecule has 2 nitrogen and oxygen atoms in total. The summed E-state index contributed by atoms with van der Waals surface area (Å²) in [5.74, 6) is 0.525. The molecule has 0 fully saturated rings. The van der Waals surface area contributed by atoms with Gasteiger partial charge in [0.25, 0.3) is 0 Å². The minimum Gasteiger partial charge on any atom is -0.392 e. The van der Waals surface area contributed by atoms with Gasteiger partial charge in [0.1, 0.15) is 0 Å². The van der Waals surface area contributed by atoms with Crippen LogP contribution in [0.4, 0.5) is 0 Å². The van der Waals surface area contributed by atoms with E-state index >= 15 is 0 Å². The molecule has 2 N–H and O–H groups in total. The van der Waals surface area contributed by atoms with Crippen LogP contribution in [0.3, 0.4) is 0 Å². The zero-order chi connectivity index (χ0) is 13.7. The zero-order valence-electron chi connectivity index (χ0n) is 11.1. The molecule has 0 aliphatic carbocycles. The first kappa shape index (κ1) is 16.2. The van der Waals surface area contributed by atoms with E-state index in [1.165, 1.54) is 5.56 Å². The molecular weight excluding hydrogens is 358 g/mol. The number of benzene rings is 1. The highest BCUT2D eigenvalue weighted by atomic mass is 79.9. The molecule has 0 amide bonds. The van der Waals surface area contributed by atoms with Crippen LogP contribution in [-0.2, 0) is 0 Å². The third-order valence-electron chi connectivity index (χ3n) is 2.83. The van der Waals surface area contributed by atoms with Gasteiger partial charge < -0.3 is 10.4 Å². The molecule has 0 saturated carbocycles. The van der Waals surface area contributed by atoms with E-state index in [0.717, 1.165) is 15.4 Å². The van der Waals surface area contributed by atoms with Crippen LogP contribution in [0.15, 0.2) is 27.1 Å². The summed E-state index contributed by atoms with van der Waals surface area (Å²) in [7, 11) is 0. The highest BCUT2D eigenvalue weighted by Gasteiger charge is 2.12. The Labute approximate surface area is 126 Å². The van der Waals surface area contributed by atoms with Gasteiger partial charge in [-0.05, 0) is 37.0 Å². The Morgan fingerprint density at radius 2 is 1.89 bits per heavy atom. The summed E-state index contributed by atoms with van der Waals surface area (Å²) in [6, 6.07) is 6.37. The summed E-state index contributed by atoms with van der Waals surface area (Å²) in [4.78, 5) is 0. The molecule has 0 aliphatic heterocycles. The van der Waals surface area contributed by atoms with Crippen molar-refractivity contribution in [1.82, 2.24) is 5.32 Å². The number of nitrogens with one attached hydrogen (secondary N) is 1. The molecule has 2 atom stereocenters. The lowest BCUT2D eigenvalue weighted by Crippen LogP contribution is -2.30. The van der Waals surface area contributed by atoms with E-state index in [4.69, 9.17) is 0 Å². The van der Waals surface area contributed by atoms with E-state index in [1.807, 2.05) is 12.1 Å². The summed E-state index contributed by atoms with van der Waals surface area (Å²) in [6.45, 7) is 6.98. The monoisotopic (exact) mass is 377 g/mol. The van der Waals surface area contributed by atoms with Crippen LogP contribution in [0, 0.1) is 5.92 Å². The highest BCUT2D eigenvalue weighted by Crippen LogP contribution is 2.26. The second-order valence-corrected chi connectivity index (χ2v) is 6.85. The van der Waals surface area contributed by atoms with Gasteiger partial charge >= 0.3 is 0 Å². The van der Waals surface area contributed by atoms with Gasteiger partial charge in [0, 0.05) is 21.5 Å². The van der Waals surface area contributed by atoms with Crippen molar-refractivity contribution in [1.29, 1.82) is 0 Å². The summed E-state index contributed by atoms with van der Waals surface area (Å²) >= 11 is 7.01. The van der Waals surface area contributed by atoms with Crippen molar-refractivity contribution in [2.75, 3.05) is 6.54 Å². The summed E-state index contributed by atoms with van der Waals surface area (Å²) in [5.41, 5.74) is 1.20. The second-order valence-electron chi connectivity index (χ2n) is 5.08. The largest absolute Gasteiger partial charge is 0.392 e. The lowest BCUT2D eigenvalue weighted by molar-refractivity contribution is 0.143. The molecule has 2 unspecified atom stereocenters. The first-order valence-electron chi connectivity index (χ1n) is 6.26. The predicted octanol–water partition coefficient (Wildman–Crippen LogP) is 4.27. The van der Waals surface area contributed by atoms with E-state index in [-0.39, 0.29) is 12.1 Å². The van der Waals surface area contributed by atoms with Crippen LogP contribution < -0.4 is 5.32 Å². The van der Waals surface area contributed by atoms with Gasteiger partial charge in [0.2, 0.25) is 0 Å². The second kappa shape index (κ2) is 7.63. The van der Waals surface area contributed by atoms with E-state index in [2.05, 4.69) is 64.0 Å². The van der Waals surface area contributed by atoms with Crippen LogP contribution in [0.1, 0.15) is 38.8 Å². The molecular formula is C14H21Br2NO. The van der Waals surface area contributed by atoms with Crippen molar-refractivity contribution in [3.05, 3.63) is 32.7 Å². The molecule has 0 aliphatic rings. The number of hydrogen-bond donors (Lipinski definition) is 2. The Hall–Kier alpha value is 0.1000. The fraction of sp³-hybridized carbons (Fsp3) is 0.571. The van der Waals surface area contributed by atoms with Crippen molar-refractivity contribution in [2.45, 2.75) is 39.3 Å². The fourth-order valence-corrected chi connectivity index (χ4v) is 3.29. The average Bonchev–Trinajstić information content (AvgIpc) is 2.25. The average molecular weight is 379 g/mol. The summed E-state index contributed by atoms with van der Waals surface area (Å²) < 4.78 is 2.14. The van der Waals surface area contributed by atoms with Gasteiger partial charge in [0.15, 0.2) is 0 Å². The molecule has 0 spiro atoms. The Balaban J connectivity index is 2.52. The SMILES string of the molecule is CC(C)CC(O)CNC(C)c1ccc(Br)cc1Br. The number of aliphatic hydroxyl groups excluding tert-OH is 1. The maximum atomic E-state index is 9.85. The van der Waals surface area contributed by atoms with Gasteiger partial charge in [-0.2, -0.15) is 0 Å². The van der Waals surface area contributed by atoms with Crippen molar-refractivity contribution >= 4 is 31.9 Å². The smallest absolute Gasteiger partial charge is 0.0667 e. The first-order valence-corrected chi connectivity index (χ1v) is 7.85. The van der Waals surface area contributed by atoms with Gasteiger partial charge in [-0.3, -0.25) is 0 Å². The molecule has 4 heteroatoms. The van der Waals surface area contributed by atoms with Gasteiger partial charge in [-0.1, -0.05) is 51.8 Å². The Bertz CT molecular complexity index is 382. The van der Waals surface area contributed by atoms with Crippen molar-refractivity contribution in [2.24, 2.45) is 5.92 Å². The number of hydrogen-bond acceptors (Lipinski definition) is 2. The van der Waals surface area contributed by atoms with Crippen LogP contribution in [0.2, 0.25) is 0 Å². The van der Waals surface area contributed by atoms with Crippen LogP contribution in [-0.4, -0.2) is 17.8 Å². The molecule has 0 saturated heterocycles. The van der Waals surface area contributed by atoms with Crippen molar-refractivity contribution in [3.8, 4) is 0 Å². The zero-order valence-corrected chi connectivity index (χ0v) is 14.3. The third kappa shape index (κ3) is 5.39.